The zero-order chi connectivity index (χ0) is 34.4. The number of nitrogens with zero attached hydrogens (tertiary/aromatic N) is 4. The molecule has 2 saturated carbocycles. The predicted molar refractivity (Wildman–Crippen MR) is 213 cm³/mol. The molecule has 4 aromatic carbocycles. The van der Waals surface area contributed by atoms with Crippen LogP contribution in [0.5, 0.6) is 0 Å². The summed E-state index contributed by atoms with van der Waals surface area (Å²) >= 11 is 0. The van der Waals surface area contributed by atoms with Crippen molar-refractivity contribution in [3.63, 3.8) is 0 Å². The number of pyridine rings is 4. The van der Waals surface area contributed by atoms with E-state index in [1.807, 2.05) is 0 Å². The molecule has 0 spiro atoms. The monoisotopic (exact) mass is 674 g/mol. The molecule has 0 saturated heterocycles. The maximum absolute atomic E-state index is 5.30. The molecule has 0 amide bonds. The SMILES string of the molecule is c1ccc2nc(C3CC(c4ccc5ccccc5n4)CC(C4CC(c5ccc6ccccc6n5)CC(c5ccc6ccccc6n5)C4)C3)ccc2c1. The van der Waals surface area contributed by atoms with E-state index in [2.05, 4.69) is 146 Å². The van der Waals surface area contributed by atoms with Crippen LogP contribution in [0, 0.1) is 11.8 Å². The smallest absolute Gasteiger partial charge is 0.0705 e. The lowest BCUT2D eigenvalue weighted by molar-refractivity contribution is 0.144. The summed E-state index contributed by atoms with van der Waals surface area (Å²) in [4.78, 5) is 21.2. The van der Waals surface area contributed by atoms with Gasteiger partial charge in [-0.2, -0.15) is 0 Å². The Morgan fingerprint density at radius 2 is 0.519 bits per heavy atom. The van der Waals surface area contributed by atoms with Gasteiger partial charge in [0.25, 0.3) is 0 Å². The normalized spacial score (nSPS) is 23.7. The number of fused-ring (bicyclic) bond motifs is 4. The summed E-state index contributed by atoms with van der Waals surface area (Å²) in [6, 6.07) is 52.4. The lowest BCUT2D eigenvalue weighted by Crippen LogP contribution is -2.32. The highest BCUT2D eigenvalue weighted by atomic mass is 14.8. The number of hydrogen-bond donors (Lipinski definition) is 0. The number of benzene rings is 4. The van der Waals surface area contributed by atoms with Crippen LogP contribution >= 0.6 is 0 Å². The minimum Gasteiger partial charge on any atom is -0.253 e. The molecule has 0 N–H and O–H groups in total. The van der Waals surface area contributed by atoms with Crippen LogP contribution in [0.25, 0.3) is 43.6 Å². The average Bonchev–Trinajstić information content (AvgIpc) is 3.22. The molecule has 4 nitrogen and oxygen atoms in total. The number of hydrogen-bond acceptors (Lipinski definition) is 4. The van der Waals surface area contributed by atoms with Crippen molar-refractivity contribution < 1.29 is 0 Å². The van der Waals surface area contributed by atoms with E-state index in [-0.39, 0.29) is 0 Å². The highest BCUT2D eigenvalue weighted by Crippen LogP contribution is 2.53. The Kier molecular flexibility index (Phi) is 7.97. The van der Waals surface area contributed by atoms with Gasteiger partial charge in [0, 0.05) is 68.0 Å². The Morgan fingerprint density at radius 1 is 0.269 bits per heavy atom. The molecule has 4 atom stereocenters. The molecule has 0 aliphatic heterocycles. The van der Waals surface area contributed by atoms with Crippen LogP contribution in [0.15, 0.2) is 146 Å². The van der Waals surface area contributed by atoms with E-state index >= 15 is 0 Å². The van der Waals surface area contributed by atoms with Gasteiger partial charge in [0.2, 0.25) is 0 Å². The van der Waals surface area contributed by atoms with Gasteiger partial charge in [-0.05, 0) is 98.9 Å². The number of rotatable bonds is 5. The fourth-order valence-electron chi connectivity index (χ4n) is 9.70. The van der Waals surface area contributed by atoms with Crippen LogP contribution in [0.4, 0.5) is 0 Å². The van der Waals surface area contributed by atoms with Crippen molar-refractivity contribution in [1.29, 1.82) is 0 Å². The fraction of sp³-hybridized carbons (Fsp3) is 0.250. The van der Waals surface area contributed by atoms with Gasteiger partial charge in [-0.15, -0.1) is 0 Å². The molecule has 10 rings (SSSR count). The number of aromatic nitrogens is 4. The van der Waals surface area contributed by atoms with Gasteiger partial charge in [-0.3, -0.25) is 19.9 Å². The first-order chi connectivity index (χ1) is 25.7. The van der Waals surface area contributed by atoms with Crippen molar-refractivity contribution in [3.8, 4) is 0 Å². The van der Waals surface area contributed by atoms with Crippen LogP contribution in [0.3, 0.4) is 0 Å². The van der Waals surface area contributed by atoms with Gasteiger partial charge in [-0.25, -0.2) is 0 Å². The van der Waals surface area contributed by atoms with Crippen molar-refractivity contribution in [1.82, 2.24) is 19.9 Å². The van der Waals surface area contributed by atoms with Crippen LogP contribution < -0.4 is 0 Å². The molecule has 8 aromatic rings. The van der Waals surface area contributed by atoms with E-state index in [1.54, 1.807) is 0 Å². The second-order valence-electron chi connectivity index (χ2n) is 15.4. The molecular formula is C48H42N4. The summed E-state index contributed by atoms with van der Waals surface area (Å²) in [5.74, 6) is 2.57. The maximum atomic E-state index is 5.30. The molecule has 52 heavy (non-hydrogen) atoms. The lowest BCUT2D eigenvalue weighted by atomic mass is 9.62. The zero-order valence-electron chi connectivity index (χ0n) is 29.4. The summed E-state index contributed by atoms with van der Waals surface area (Å²) in [5, 5.41) is 4.82. The first-order valence-electron chi connectivity index (χ1n) is 19.1. The molecule has 0 radical (unpaired) electrons. The molecule has 4 unspecified atom stereocenters. The third-order valence-corrected chi connectivity index (χ3v) is 12.3. The summed E-state index contributed by atoms with van der Waals surface area (Å²) in [5.41, 5.74) is 9.26. The molecule has 4 heterocycles. The van der Waals surface area contributed by atoms with Crippen molar-refractivity contribution in [3.05, 3.63) is 168 Å². The Labute approximate surface area is 305 Å². The van der Waals surface area contributed by atoms with Gasteiger partial charge in [0.05, 0.1) is 22.1 Å². The summed E-state index contributed by atoms with van der Waals surface area (Å²) in [7, 11) is 0. The van der Waals surface area contributed by atoms with E-state index in [0.29, 0.717) is 35.5 Å². The molecule has 4 aromatic heterocycles. The Bertz CT molecular complexity index is 2210. The van der Waals surface area contributed by atoms with Crippen LogP contribution in [0.2, 0.25) is 0 Å². The number of para-hydroxylation sites is 4. The van der Waals surface area contributed by atoms with Crippen molar-refractivity contribution in [2.45, 2.75) is 62.2 Å². The molecule has 4 heteroatoms. The third-order valence-electron chi connectivity index (χ3n) is 12.3. The summed E-state index contributed by atoms with van der Waals surface area (Å²) in [6.45, 7) is 0. The standard InChI is InChI=1S/C48H42N4/c1-5-13-41-31(9-1)17-21-45(49-41)37-25-35(26-38(29-37)46-22-18-32-10-2-6-14-42(32)50-46)36-27-39(47-23-19-33-11-3-7-15-43(33)51-47)30-40(28-36)48-24-20-34-12-4-8-16-44(34)52-48/h1-24,35-40H,25-30H2. The van der Waals surface area contributed by atoms with E-state index < -0.39 is 0 Å². The van der Waals surface area contributed by atoms with Crippen LogP contribution in [-0.2, 0) is 0 Å². The van der Waals surface area contributed by atoms with Gasteiger partial charge < -0.3 is 0 Å². The van der Waals surface area contributed by atoms with Crippen LogP contribution in [0.1, 0.15) is 85.0 Å². The first kappa shape index (κ1) is 31.3. The summed E-state index contributed by atoms with van der Waals surface area (Å²) in [6.07, 6.45) is 6.74. The first-order valence-corrected chi connectivity index (χ1v) is 19.1. The minimum atomic E-state index is 0.373. The van der Waals surface area contributed by atoms with E-state index in [9.17, 15) is 0 Å². The Balaban J connectivity index is 1.04. The fourth-order valence-corrected chi connectivity index (χ4v) is 9.70. The van der Waals surface area contributed by atoms with Crippen LogP contribution in [-0.4, -0.2) is 19.9 Å². The second kappa shape index (κ2) is 13.2. The highest BCUT2D eigenvalue weighted by Gasteiger charge is 2.41. The predicted octanol–water partition coefficient (Wildman–Crippen LogP) is 11.9. The molecule has 2 aliphatic rings. The van der Waals surface area contributed by atoms with E-state index in [0.717, 1.165) is 60.6 Å². The molecule has 2 fully saturated rings. The molecular weight excluding hydrogens is 633 g/mol. The lowest BCUT2D eigenvalue weighted by Gasteiger charge is -2.43. The average molecular weight is 675 g/mol. The van der Waals surface area contributed by atoms with Crippen molar-refractivity contribution >= 4 is 43.6 Å². The molecule has 254 valence electrons. The van der Waals surface area contributed by atoms with E-state index in [1.165, 1.54) is 44.3 Å². The van der Waals surface area contributed by atoms with Gasteiger partial charge in [-0.1, -0.05) is 97.1 Å². The van der Waals surface area contributed by atoms with Gasteiger partial charge in [0.1, 0.15) is 0 Å². The molecule has 2 aliphatic carbocycles. The van der Waals surface area contributed by atoms with Gasteiger partial charge in [0.15, 0.2) is 0 Å². The second-order valence-corrected chi connectivity index (χ2v) is 15.4. The van der Waals surface area contributed by atoms with Crippen molar-refractivity contribution in [2.24, 2.45) is 11.8 Å². The largest absolute Gasteiger partial charge is 0.253 e. The highest BCUT2D eigenvalue weighted by molar-refractivity contribution is 5.80. The third kappa shape index (κ3) is 6.00. The quantitative estimate of drug-likeness (QED) is 0.182. The topological polar surface area (TPSA) is 51.6 Å². The summed E-state index contributed by atoms with van der Waals surface area (Å²) < 4.78 is 0. The van der Waals surface area contributed by atoms with E-state index in [4.69, 9.17) is 19.9 Å². The Hall–Kier alpha value is -5.48. The molecule has 0 bridgehead atoms. The van der Waals surface area contributed by atoms with Gasteiger partial charge >= 0.3 is 0 Å². The zero-order valence-corrected chi connectivity index (χ0v) is 29.4. The maximum Gasteiger partial charge on any atom is 0.0705 e. The van der Waals surface area contributed by atoms with Crippen molar-refractivity contribution in [2.75, 3.05) is 0 Å². The minimum absolute atomic E-state index is 0.373. The Morgan fingerprint density at radius 3 is 0.788 bits per heavy atom.